The monoisotopic (exact) mass is 171 g/mol. The number of methoxy groups -OCH3 is 1. The molecule has 0 aromatic carbocycles. The average Bonchev–Trinajstić information content (AvgIpc) is 2.81. The molecular formula is C10H21NO. The average molecular weight is 171 g/mol. The third-order valence-electron chi connectivity index (χ3n) is 2.85. The van der Waals surface area contributed by atoms with Gasteiger partial charge in [0.2, 0.25) is 0 Å². The van der Waals surface area contributed by atoms with Crippen molar-refractivity contribution in [2.45, 2.75) is 32.7 Å². The molecule has 12 heavy (non-hydrogen) atoms. The van der Waals surface area contributed by atoms with Crippen molar-refractivity contribution in [1.29, 1.82) is 0 Å². The Hall–Kier alpha value is -0.0800. The summed E-state index contributed by atoms with van der Waals surface area (Å²) >= 11 is 0. The summed E-state index contributed by atoms with van der Waals surface area (Å²) in [5.41, 5.74) is 6.11. The van der Waals surface area contributed by atoms with Crippen LogP contribution < -0.4 is 5.73 Å². The minimum atomic E-state index is 0.317. The van der Waals surface area contributed by atoms with Crippen LogP contribution in [-0.4, -0.2) is 19.8 Å². The van der Waals surface area contributed by atoms with E-state index in [0.29, 0.717) is 17.9 Å². The summed E-state index contributed by atoms with van der Waals surface area (Å²) in [6, 6.07) is 0.317. The lowest BCUT2D eigenvalue weighted by Gasteiger charge is -2.26. The van der Waals surface area contributed by atoms with Crippen LogP contribution in [0.2, 0.25) is 0 Å². The van der Waals surface area contributed by atoms with E-state index in [2.05, 4.69) is 13.8 Å². The maximum Gasteiger partial charge on any atom is 0.0508 e. The van der Waals surface area contributed by atoms with Gasteiger partial charge < -0.3 is 10.5 Å². The van der Waals surface area contributed by atoms with Gasteiger partial charge in [-0.2, -0.15) is 0 Å². The molecule has 1 fully saturated rings. The predicted octanol–water partition coefficient (Wildman–Crippen LogP) is 1.64. The molecule has 0 spiro atoms. The van der Waals surface area contributed by atoms with Crippen LogP contribution >= 0.6 is 0 Å². The number of ether oxygens (including phenoxy) is 1. The standard InChI is InChI=1S/C10H21NO/c1-7(2)10(11)9(6-12-3)8-4-5-8/h7-10H,4-6,11H2,1-3H3. The molecule has 1 aliphatic rings. The van der Waals surface area contributed by atoms with Crippen LogP contribution in [0.1, 0.15) is 26.7 Å². The largest absolute Gasteiger partial charge is 0.384 e. The van der Waals surface area contributed by atoms with Crippen molar-refractivity contribution in [3.63, 3.8) is 0 Å². The quantitative estimate of drug-likeness (QED) is 0.682. The number of hydrogen-bond acceptors (Lipinski definition) is 2. The molecule has 0 bridgehead atoms. The Bertz CT molecular complexity index is 132. The maximum absolute atomic E-state index is 6.11. The van der Waals surface area contributed by atoms with Gasteiger partial charge in [-0.05, 0) is 24.7 Å². The van der Waals surface area contributed by atoms with Crippen LogP contribution in [0.3, 0.4) is 0 Å². The smallest absolute Gasteiger partial charge is 0.0508 e. The third kappa shape index (κ3) is 2.46. The van der Waals surface area contributed by atoms with E-state index in [0.717, 1.165) is 12.5 Å². The van der Waals surface area contributed by atoms with Gasteiger partial charge in [-0.1, -0.05) is 13.8 Å². The van der Waals surface area contributed by atoms with E-state index in [1.165, 1.54) is 12.8 Å². The highest BCUT2D eigenvalue weighted by Crippen LogP contribution is 2.39. The highest BCUT2D eigenvalue weighted by molar-refractivity contribution is 4.88. The van der Waals surface area contributed by atoms with Gasteiger partial charge in [0.25, 0.3) is 0 Å². The number of rotatable bonds is 5. The van der Waals surface area contributed by atoms with Gasteiger partial charge in [-0.25, -0.2) is 0 Å². The molecule has 2 unspecified atom stereocenters. The molecule has 0 heterocycles. The maximum atomic E-state index is 6.11. The molecule has 1 saturated carbocycles. The Kier molecular flexibility index (Phi) is 3.53. The highest BCUT2D eigenvalue weighted by atomic mass is 16.5. The minimum Gasteiger partial charge on any atom is -0.384 e. The number of hydrogen-bond donors (Lipinski definition) is 1. The summed E-state index contributed by atoms with van der Waals surface area (Å²) in [7, 11) is 1.77. The van der Waals surface area contributed by atoms with Crippen LogP contribution in [0.4, 0.5) is 0 Å². The Morgan fingerprint density at radius 3 is 2.33 bits per heavy atom. The lowest BCUT2D eigenvalue weighted by Crippen LogP contribution is -2.38. The van der Waals surface area contributed by atoms with Crippen molar-refractivity contribution in [1.82, 2.24) is 0 Å². The second-order valence-corrected chi connectivity index (χ2v) is 4.28. The van der Waals surface area contributed by atoms with Crippen molar-refractivity contribution in [2.24, 2.45) is 23.5 Å². The Balaban J connectivity index is 2.40. The zero-order valence-corrected chi connectivity index (χ0v) is 8.42. The van der Waals surface area contributed by atoms with E-state index in [-0.39, 0.29) is 0 Å². The highest BCUT2D eigenvalue weighted by Gasteiger charge is 2.35. The molecule has 2 nitrogen and oxygen atoms in total. The molecule has 0 saturated heterocycles. The summed E-state index contributed by atoms with van der Waals surface area (Å²) in [5.74, 6) is 2.02. The summed E-state index contributed by atoms with van der Waals surface area (Å²) in [6.45, 7) is 5.22. The zero-order valence-electron chi connectivity index (χ0n) is 8.42. The van der Waals surface area contributed by atoms with Gasteiger partial charge in [0, 0.05) is 19.1 Å². The lowest BCUT2D eigenvalue weighted by molar-refractivity contribution is 0.116. The summed E-state index contributed by atoms with van der Waals surface area (Å²) in [6.07, 6.45) is 2.71. The first-order valence-corrected chi connectivity index (χ1v) is 4.91. The van der Waals surface area contributed by atoms with Gasteiger partial charge >= 0.3 is 0 Å². The summed E-state index contributed by atoms with van der Waals surface area (Å²) in [5, 5.41) is 0. The molecular weight excluding hydrogens is 150 g/mol. The molecule has 2 N–H and O–H groups in total. The van der Waals surface area contributed by atoms with Crippen LogP contribution in [0.25, 0.3) is 0 Å². The normalized spacial score (nSPS) is 22.8. The Morgan fingerprint density at radius 2 is 2.00 bits per heavy atom. The molecule has 0 aliphatic heterocycles. The SMILES string of the molecule is COCC(C1CC1)C(N)C(C)C. The van der Waals surface area contributed by atoms with E-state index >= 15 is 0 Å². The summed E-state index contributed by atoms with van der Waals surface area (Å²) < 4.78 is 5.20. The molecule has 0 amide bonds. The van der Waals surface area contributed by atoms with Crippen LogP contribution in [0.5, 0.6) is 0 Å². The van der Waals surface area contributed by atoms with E-state index in [4.69, 9.17) is 10.5 Å². The van der Waals surface area contributed by atoms with Gasteiger partial charge in [0.05, 0.1) is 6.61 Å². The zero-order chi connectivity index (χ0) is 9.14. The van der Waals surface area contributed by atoms with Crippen molar-refractivity contribution in [3.05, 3.63) is 0 Å². The molecule has 2 atom stereocenters. The van der Waals surface area contributed by atoms with Gasteiger partial charge in [0.1, 0.15) is 0 Å². The van der Waals surface area contributed by atoms with Crippen LogP contribution in [0, 0.1) is 17.8 Å². The van der Waals surface area contributed by atoms with Gasteiger partial charge in [-0.15, -0.1) is 0 Å². The second kappa shape index (κ2) is 4.24. The fraction of sp³-hybridized carbons (Fsp3) is 1.00. The lowest BCUT2D eigenvalue weighted by atomic mass is 9.88. The molecule has 0 radical (unpaired) electrons. The Labute approximate surface area is 75.5 Å². The van der Waals surface area contributed by atoms with E-state index in [1.807, 2.05) is 0 Å². The first-order valence-electron chi connectivity index (χ1n) is 4.91. The van der Waals surface area contributed by atoms with E-state index in [9.17, 15) is 0 Å². The first kappa shape index (κ1) is 10.0. The van der Waals surface area contributed by atoms with Crippen molar-refractivity contribution in [3.8, 4) is 0 Å². The molecule has 2 heteroatoms. The Morgan fingerprint density at radius 1 is 1.42 bits per heavy atom. The van der Waals surface area contributed by atoms with Gasteiger partial charge in [-0.3, -0.25) is 0 Å². The predicted molar refractivity (Wildman–Crippen MR) is 50.9 cm³/mol. The van der Waals surface area contributed by atoms with Crippen LogP contribution in [-0.2, 0) is 4.74 Å². The summed E-state index contributed by atoms with van der Waals surface area (Å²) in [4.78, 5) is 0. The molecule has 72 valence electrons. The molecule has 1 rings (SSSR count). The molecule has 0 aromatic heterocycles. The number of nitrogens with two attached hydrogens (primary N) is 1. The van der Waals surface area contributed by atoms with Crippen LogP contribution in [0.15, 0.2) is 0 Å². The van der Waals surface area contributed by atoms with Crippen molar-refractivity contribution in [2.75, 3.05) is 13.7 Å². The third-order valence-corrected chi connectivity index (χ3v) is 2.85. The fourth-order valence-electron chi connectivity index (χ4n) is 1.77. The van der Waals surface area contributed by atoms with Crippen molar-refractivity contribution >= 4 is 0 Å². The minimum absolute atomic E-state index is 0.317. The topological polar surface area (TPSA) is 35.2 Å². The molecule has 0 aromatic rings. The van der Waals surface area contributed by atoms with Crippen molar-refractivity contribution < 1.29 is 4.74 Å². The van der Waals surface area contributed by atoms with E-state index < -0.39 is 0 Å². The molecule has 1 aliphatic carbocycles. The van der Waals surface area contributed by atoms with Gasteiger partial charge in [0.15, 0.2) is 0 Å². The second-order valence-electron chi connectivity index (χ2n) is 4.28. The fourth-order valence-corrected chi connectivity index (χ4v) is 1.77. The first-order chi connectivity index (χ1) is 5.66. The van der Waals surface area contributed by atoms with E-state index in [1.54, 1.807) is 7.11 Å².